The van der Waals surface area contributed by atoms with Crippen molar-refractivity contribution in [3.8, 4) is 0 Å². The smallest absolute Gasteiger partial charge is 0.334 e. The average molecular weight is 650 g/mol. The van der Waals surface area contributed by atoms with Gasteiger partial charge in [-0.3, -0.25) is 9.59 Å². The van der Waals surface area contributed by atoms with Crippen LogP contribution in [0.2, 0.25) is 0 Å². The van der Waals surface area contributed by atoms with Crippen LogP contribution in [-0.4, -0.2) is 86.1 Å². The van der Waals surface area contributed by atoms with Crippen LogP contribution in [0.4, 0.5) is 13.6 Å². The molecule has 202 valence electrons. The molecule has 1 aromatic carbocycles. The minimum Gasteiger partial charge on any atom is -0.337 e. The molecule has 0 saturated carbocycles. The van der Waals surface area contributed by atoms with Gasteiger partial charge >= 0.3 is 6.03 Å². The zero-order valence-electron chi connectivity index (χ0n) is 20.4. The fraction of sp³-hybridized carbons (Fsp3) is 0.560. The first-order chi connectivity index (χ1) is 17.8. The number of halogens is 4. The normalized spacial score (nSPS) is 23.6. The third-order valence-corrected chi connectivity index (χ3v) is 8.19. The van der Waals surface area contributed by atoms with Crippen molar-refractivity contribution in [3.63, 3.8) is 0 Å². The van der Waals surface area contributed by atoms with Gasteiger partial charge in [0.2, 0.25) is 11.8 Å². The number of nitrogens with zero attached hydrogens (tertiary/aromatic N) is 4. The van der Waals surface area contributed by atoms with Gasteiger partial charge in [0.15, 0.2) is 0 Å². The summed E-state index contributed by atoms with van der Waals surface area (Å²) in [7, 11) is 0. The van der Waals surface area contributed by atoms with Crippen molar-refractivity contribution >= 4 is 52.0 Å². The second kappa shape index (κ2) is 12.7. The van der Waals surface area contributed by atoms with Crippen LogP contribution < -0.4 is 5.32 Å². The van der Waals surface area contributed by atoms with E-state index in [-0.39, 0.29) is 31.4 Å². The van der Waals surface area contributed by atoms with Crippen LogP contribution in [-0.2, 0) is 16.1 Å². The van der Waals surface area contributed by atoms with Gasteiger partial charge in [0.1, 0.15) is 24.7 Å². The second-order valence-electron chi connectivity index (χ2n) is 9.45. The second-order valence-corrected chi connectivity index (χ2v) is 10.7. The molecule has 4 rings (SSSR count). The number of rotatable bonds is 8. The SMILES string of the molecule is O=C1[C@H](C(Cl)CF)N2C(=O)CN(CI)N(C(=O)NCc3ccc(F)cc3)[C@H]2CN1CCC1=CCCCC1. The van der Waals surface area contributed by atoms with Gasteiger partial charge in [0.25, 0.3) is 0 Å². The molecule has 8 nitrogen and oxygen atoms in total. The van der Waals surface area contributed by atoms with Crippen molar-refractivity contribution in [2.24, 2.45) is 0 Å². The molecule has 0 radical (unpaired) electrons. The molecule has 1 aromatic rings. The number of hydrogen-bond acceptors (Lipinski definition) is 4. The molecule has 37 heavy (non-hydrogen) atoms. The molecule has 2 aliphatic heterocycles. The topological polar surface area (TPSA) is 76.2 Å². The van der Waals surface area contributed by atoms with Gasteiger partial charge in [0.05, 0.1) is 23.0 Å². The molecule has 1 N–H and O–H groups in total. The minimum absolute atomic E-state index is 0.0986. The zero-order chi connectivity index (χ0) is 26.5. The molecule has 3 aliphatic rings. The summed E-state index contributed by atoms with van der Waals surface area (Å²) >= 11 is 8.37. The Bertz CT molecular complexity index is 1030. The molecule has 1 unspecified atom stereocenters. The molecule has 4 amide bonds. The zero-order valence-corrected chi connectivity index (χ0v) is 23.3. The van der Waals surface area contributed by atoms with Gasteiger partial charge in [-0.1, -0.05) is 46.4 Å². The number of carbonyl (C=O) groups excluding carboxylic acids is 3. The van der Waals surface area contributed by atoms with Crippen LogP contribution in [0, 0.1) is 5.82 Å². The third-order valence-electron chi connectivity index (χ3n) is 7.04. The van der Waals surface area contributed by atoms with Crippen molar-refractivity contribution in [2.45, 2.75) is 56.2 Å². The lowest BCUT2D eigenvalue weighted by Gasteiger charge is -2.55. The predicted molar refractivity (Wildman–Crippen MR) is 144 cm³/mol. The van der Waals surface area contributed by atoms with Gasteiger partial charge in [0, 0.05) is 13.1 Å². The van der Waals surface area contributed by atoms with Gasteiger partial charge < -0.3 is 15.1 Å². The Morgan fingerprint density at radius 3 is 2.62 bits per heavy atom. The number of amides is 4. The lowest BCUT2D eigenvalue weighted by molar-refractivity contribution is -0.187. The average Bonchev–Trinajstić information content (AvgIpc) is 2.91. The van der Waals surface area contributed by atoms with Crippen molar-refractivity contribution in [1.82, 2.24) is 25.1 Å². The number of piperazine rings is 1. The Labute approximate surface area is 234 Å². The number of allylic oxidation sites excluding steroid dienone is 1. The third kappa shape index (κ3) is 6.36. The summed E-state index contributed by atoms with van der Waals surface area (Å²) in [6, 6.07) is 4.10. The fourth-order valence-electron chi connectivity index (χ4n) is 5.14. The number of urea groups is 1. The van der Waals surface area contributed by atoms with E-state index >= 15 is 0 Å². The number of hydrogen-bond donors (Lipinski definition) is 1. The summed E-state index contributed by atoms with van der Waals surface area (Å²) < 4.78 is 27.4. The highest BCUT2D eigenvalue weighted by molar-refractivity contribution is 14.1. The Hall–Kier alpha value is -1.99. The molecule has 0 aromatic heterocycles. The summed E-state index contributed by atoms with van der Waals surface area (Å²) in [6.45, 7) is -0.476. The molecular weight excluding hydrogens is 619 g/mol. The van der Waals surface area contributed by atoms with Gasteiger partial charge in [-0.05, 0) is 49.8 Å². The number of benzene rings is 1. The van der Waals surface area contributed by atoms with Crippen LogP contribution in [0.1, 0.15) is 37.7 Å². The lowest BCUT2D eigenvalue weighted by Crippen LogP contribution is -2.77. The summed E-state index contributed by atoms with van der Waals surface area (Å²) in [4.78, 5) is 43.0. The van der Waals surface area contributed by atoms with E-state index in [2.05, 4.69) is 34.0 Å². The number of nitrogens with one attached hydrogen (secondary N) is 1. The molecule has 2 saturated heterocycles. The number of hydrazine groups is 1. The minimum atomic E-state index is -1.23. The molecule has 3 atom stereocenters. The van der Waals surface area contributed by atoms with Crippen LogP contribution >= 0.6 is 34.2 Å². The van der Waals surface area contributed by atoms with E-state index in [1.165, 1.54) is 27.6 Å². The van der Waals surface area contributed by atoms with Gasteiger partial charge in [-0.15, -0.1) is 11.6 Å². The lowest BCUT2D eigenvalue weighted by atomic mass is 9.96. The molecule has 1 aliphatic carbocycles. The molecule has 2 heterocycles. The highest BCUT2D eigenvalue weighted by Crippen LogP contribution is 2.31. The van der Waals surface area contributed by atoms with Crippen LogP contribution in [0.5, 0.6) is 0 Å². The molecular formula is C25H31ClF2IN5O3. The quantitative estimate of drug-likeness (QED) is 0.201. The standard InChI is InChI=1S/C25H31ClF2IN5O3/c26-20(12-27)23-24(36)31(11-10-17-4-2-1-3-5-17)14-21-33(23)22(35)15-32(16-29)34(21)25(37)30-13-18-6-8-19(28)9-7-18/h4,6-9,20-21,23H,1-3,5,10-16H2,(H,30,37)/t20?,21-,23-/m0/s1. The predicted octanol–water partition coefficient (Wildman–Crippen LogP) is 3.79. The summed E-state index contributed by atoms with van der Waals surface area (Å²) in [5.74, 6) is -1.15. The van der Waals surface area contributed by atoms with E-state index in [0.29, 0.717) is 23.1 Å². The van der Waals surface area contributed by atoms with Crippen LogP contribution in [0.3, 0.4) is 0 Å². The van der Waals surface area contributed by atoms with Crippen LogP contribution in [0.25, 0.3) is 0 Å². The first-order valence-electron chi connectivity index (χ1n) is 12.4. The van der Waals surface area contributed by atoms with Crippen molar-refractivity contribution in [3.05, 3.63) is 47.3 Å². The molecule has 12 heteroatoms. The van der Waals surface area contributed by atoms with E-state index < -0.39 is 36.2 Å². The highest BCUT2D eigenvalue weighted by atomic mass is 127. The van der Waals surface area contributed by atoms with E-state index in [9.17, 15) is 23.2 Å². The van der Waals surface area contributed by atoms with E-state index in [4.69, 9.17) is 11.6 Å². The van der Waals surface area contributed by atoms with Gasteiger partial charge in [-0.2, -0.15) is 5.01 Å². The Morgan fingerprint density at radius 1 is 1.22 bits per heavy atom. The Kier molecular flexibility index (Phi) is 9.62. The summed E-state index contributed by atoms with van der Waals surface area (Å²) in [5.41, 5.74) is 1.99. The Morgan fingerprint density at radius 2 is 1.97 bits per heavy atom. The maximum atomic E-state index is 13.8. The van der Waals surface area contributed by atoms with Crippen molar-refractivity contribution < 1.29 is 23.2 Å². The van der Waals surface area contributed by atoms with E-state index in [1.54, 1.807) is 22.0 Å². The van der Waals surface area contributed by atoms with Crippen molar-refractivity contribution in [1.29, 1.82) is 0 Å². The fourth-order valence-corrected chi connectivity index (χ4v) is 5.93. The monoisotopic (exact) mass is 649 g/mol. The van der Waals surface area contributed by atoms with E-state index in [0.717, 1.165) is 25.7 Å². The maximum absolute atomic E-state index is 13.8. The first-order valence-corrected chi connectivity index (χ1v) is 14.4. The molecule has 2 fully saturated rings. The molecule has 0 bridgehead atoms. The summed E-state index contributed by atoms with van der Waals surface area (Å²) in [6.07, 6.45) is 6.36. The number of alkyl halides is 3. The van der Waals surface area contributed by atoms with Gasteiger partial charge in [-0.25, -0.2) is 18.6 Å². The maximum Gasteiger partial charge on any atom is 0.334 e. The highest BCUT2D eigenvalue weighted by Gasteiger charge is 2.53. The van der Waals surface area contributed by atoms with Crippen molar-refractivity contribution in [2.75, 3.05) is 30.9 Å². The largest absolute Gasteiger partial charge is 0.337 e. The van der Waals surface area contributed by atoms with E-state index in [1.807, 2.05) is 0 Å². The first kappa shape index (κ1) is 28.0. The number of carbonyl (C=O) groups is 3. The van der Waals surface area contributed by atoms with Crippen LogP contribution in [0.15, 0.2) is 35.9 Å². The number of fused-ring (bicyclic) bond motifs is 1. The molecule has 0 spiro atoms. The Balaban J connectivity index is 1.58. The summed E-state index contributed by atoms with van der Waals surface area (Å²) in [5, 5.41) is 4.64.